The minimum absolute atomic E-state index is 0.000692. The fourth-order valence-corrected chi connectivity index (χ4v) is 3.60. The highest BCUT2D eigenvalue weighted by molar-refractivity contribution is 6.33. The van der Waals surface area contributed by atoms with E-state index in [1.807, 2.05) is 18.2 Å². The van der Waals surface area contributed by atoms with E-state index in [0.717, 1.165) is 0 Å². The van der Waals surface area contributed by atoms with Crippen LogP contribution in [0.15, 0.2) is 77.3 Å². The average molecular weight is 464 g/mol. The molecular formula is C25H19ClFN3O3. The number of aryl methyl sites for hydroxylation is 1. The van der Waals surface area contributed by atoms with Crippen LogP contribution in [0, 0.1) is 12.7 Å². The predicted molar refractivity (Wildman–Crippen MR) is 124 cm³/mol. The second kappa shape index (κ2) is 9.67. The molecule has 0 fully saturated rings. The van der Waals surface area contributed by atoms with E-state index < -0.39 is 11.7 Å². The van der Waals surface area contributed by atoms with Gasteiger partial charge in [0.2, 0.25) is 0 Å². The molecule has 1 aromatic heterocycles. The van der Waals surface area contributed by atoms with Gasteiger partial charge < -0.3 is 15.2 Å². The number of hydrogen-bond donors (Lipinski definition) is 2. The Hall–Kier alpha value is -3.97. The lowest BCUT2D eigenvalue weighted by Crippen LogP contribution is -2.24. The van der Waals surface area contributed by atoms with Crippen LogP contribution in [0.4, 0.5) is 10.1 Å². The van der Waals surface area contributed by atoms with Gasteiger partial charge >= 0.3 is 0 Å². The van der Waals surface area contributed by atoms with Crippen molar-refractivity contribution >= 4 is 29.1 Å². The summed E-state index contributed by atoms with van der Waals surface area (Å²) in [5, 5.41) is 9.56. The number of para-hydroxylation sites is 1. The minimum Gasteiger partial charge on any atom is -0.360 e. The number of nitrogens with zero attached hydrogens (tertiary/aromatic N) is 1. The number of benzene rings is 3. The van der Waals surface area contributed by atoms with Gasteiger partial charge in [0.15, 0.2) is 0 Å². The van der Waals surface area contributed by atoms with Gasteiger partial charge in [-0.15, -0.1) is 0 Å². The van der Waals surface area contributed by atoms with E-state index in [9.17, 15) is 14.0 Å². The summed E-state index contributed by atoms with van der Waals surface area (Å²) in [6, 6.07) is 20.2. The summed E-state index contributed by atoms with van der Waals surface area (Å²) in [4.78, 5) is 25.5. The average Bonchev–Trinajstić information content (AvgIpc) is 3.19. The zero-order valence-corrected chi connectivity index (χ0v) is 18.3. The Balaban J connectivity index is 1.50. The molecule has 0 radical (unpaired) electrons. The maximum absolute atomic E-state index is 14.4. The van der Waals surface area contributed by atoms with Gasteiger partial charge in [-0.1, -0.05) is 53.2 Å². The first kappa shape index (κ1) is 22.2. The second-order valence-electron chi connectivity index (χ2n) is 7.26. The smallest absolute Gasteiger partial charge is 0.257 e. The summed E-state index contributed by atoms with van der Waals surface area (Å²) in [6.07, 6.45) is 0. The number of carbonyl (C=O) groups excluding carboxylic acids is 2. The van der Waals surface area contributed by atoms with Crippen molar-refractivity contribution in [2.45, 2.75) is 13.5 Å². The zero-order valence-electron chi connectivity index (χ0n) is 17.6. The Bertz CT molecular complexity index is 1300. The summed E-state index contributed by atoms with van der Waals surface area (Å²) in [5.74, 6) is -1.14. The first-order valence-electron chi connectivity index (χ1n) is 10.1. The van der Waals surface area contributed by atoms with Crippen molar-refractivity contribution in [3.05, 3.63) is 106 Å². The van der Waals surface area contributed by atoms with Gasteiger partial charge in [0.1, 0.15) is 22.8 Å². The van der Waals surface area contributed by atoms with Gasteiger partial charge in [-0.25, -0.2) is 4.39 Å². The first-order chi connectivity index (χ1) is 15.9. The molecule has 4 rings (SSSR count). The van der Waals surface area contributed by atoms with E-state index in [0.29, 0.717) is 16.8 Å². The Kier molecular flexibility index (Phi) is 6.51. The molecule has 3 aromatic carbocycles. The highest BCUT2D eigenvalue weighted by Gasteiger charge is 2.25. The Morgan fingerprint density at radius 3 is 2.52 bits per heavy atom. The molecule has 0 aliphatic rings. The van der Waals surface area contributed by atoms with Crippen LogP contribution in [-0.2, 0) is 6.54 Å². The summed E-state index contributed by atoms with van der Waals surface area (Å²) in [5.41, 5.74) is 1.97. The van der Waals surface area contributed by atoms with Crippen LogP contribution >= 0.6 is 11.6 Å². The third-order valence-electron chi connectivity index (χ3n) is 4.96. The molecule has 166 valence electrons. The Morgan fingerprint density at radius 1 is 1.00 bits per heavy atom. The lowest BCUT2D eigenvalue weighted by atomic mass is 10.0. The molecule has 8 heteroatoms. The van der Waals surface area contributed by atoms with Crippen LogP contribution in [0.25, 0.3) is 11.3 Å². The first-order valence-corrected chi connectivity index (χ1v) is 10.5. The van der Waals surface area contributed by atoms with Crippen LogP contribution in [0.1, 0.15) is 32.0 Å². The van der Waals surface area contributed by atoms with Crippen molar-refractivity contribution in [3.63, 3.8) is 0 Å². The quantitative estimate of drug-likeness (QED) is 0.388. The molecule has 0 aliphatic carbocycles. The molecule has 0 spiro atoms. The van der Waals surface area contributed by atoms with Crippen molar-refractivity contribution in [2.75, 3.05) is 5.32 Å². The highest BCUT2D eigenvalue weighted by Crippen LogP contribution is 2.33. The van der Waals surface area contributed by atoms with Crippen LogP contribution < -0.4 is 10.6 Å². The number of nitrogens with one attached hydrogen (secondary N) is 2. The van der Waals surface area contributed by atoms with Crippen molar-refractivity contribution in [1.82, 2.24) is 10.5 Å². The molecule has 0 bridgehead atoms. The monoisotopic (exact) mass is 463 g/mol. The van der Waals surface area contributed by atoms with Crippen LogP contribution in [0.3, 0.4) is 0 Å². The summed E-state index contributed by atoms with van der Waals surface area (Å²) >= 11 is 6.14. The predicted octanol–water partition coefficient (Wildman–Crippen LogP) is 5.62. The van der Waals surface area contributed by atoms with E-state index >= 15 is 0 Å². The fraction of sp³-hybridized carbons (Fsp3) is 0.0800. The molecule has 0 atom stereocenters. The van der Waals surface area contributed by atoms with Gasteiger partial charge in [-0.3, -0.25) is 9.59 Å². The summed E-state index contributed by atoms with van der Waals surface area (Å²) in [6.45, 7) is 1.70. The van der Waals surface area contributed by atoms with Crippen LogP contribution in [0.5, 0.6) is 0 Å². The van der Waals surface area contributed by atoms with Crippen molar-refractivity contribution in [2.24, 2.45) is 0 Å². The molecule has 2 amide bonds. The number of aromatic nitrogens is 1. The standard InChI is InChI=1S/C25H19ClFN3O3/c1-15-21(23(30-33-15)22-19(26)11-6-12-20(22)27)25(32)28-14-16-7-5-8-17(13-16)24(31)29-18-9-3-2-4-10-18/h2-13H,14H2,1H3,(H,28,32)(H,29,31). The molecule has 0 saturated carbocycles. The number of halogens is 2. The fourth-order valence-electron chi connectivity index (χ4n) is 3.35. The van der Waals surface area contributed by atoms with Crippen molar-refractivity contribution in [1.29, 1.82) is 0 Å². The molecule has 33 heavy (non-hydrogen) atoms. The van der Waals surface area contributed by atoms with Crippen LogP contribution in [-0.4, -0.2) is 17.0 Å². The Labute approximate surface area is 194 Å². The summed E-state index contributed by atoms with van der Waals surface area (Å²) < 4.78 is 19.5. The molecular weight excluding hydrogens is 445 g/mol. The third-order valence-corrected chi connectivity index (χ3v) is 5.28. The lowest BCUT2D eigenvalue weighted by molar-refractivity contribution is 0.0949. The molecule has 1 heterocycles. The normalized spacial score (nSPS) is 10.6. The Morgan fingerprint density at radius 2 is 1.76 bits per heavy atom. The number of carbonyl (C=O) groups is 2. The molecule has 0 unspecified atom stereocenters. The van der Waals surface area contributed by atoms with Gasteiger partial charge in [0, 0.05) is 17.8 Å². The van der Waals surface area contributed by atoms with E-state index in [1.165, 1.54) is 18.2 Å². The van der Waals surface area contributed by atoms with Gasteiger partial charge in [0.25, 0.3) is 11.8 Å². The topological polar surface area (TPSA) is 84.2 Å². The largest absolute Gasteiger partial charge is 0.360 e. The molecule has 2 N–H and O–H groups in total. The van der Waals surface area contributed by atoms with Crippen molar-refractivity contribution < 1.29 is 18.5 Å². The SMILES string of the molecule is Cc1onc(-c2c(F)cccc2Cl)c1C(=O)NCc1cccc(C(=O)Nc2ccccc2)c1. The second-order valence-corrected chi connectivity index (χ2v) is 7.67. The van der Waals surface area contributed by atoms with Crippen molar-refractivity contribution in [3.8, 4) is 11.3 Å². The highest BCUT2D eigenvalue weighted by atomic mass is 35.5. The number of rotatable bonds is 6. The lowest BCUT2D eigenvalue weighted by Gasteiger charge is -2.09. The molecule has 6 nitrogen and oxygen atoms in total. The maximum atomic E-state index is 14.4. The minimum atomic E-state index is -0.609. The number of amides is 2. The zero-order chi connectivity index (χ0) is 23.4. The number of hydrogen-bond acceptors (Lipinski definition) is 4. The number of anilines is 1. The van der Waals surface area contributed by atoms with Gasteiger partial charge in [-0.05, 0) is 48.9 Å². The maximum Gasteiger partial charge on any atom is 0.257 e. The van der Waals surface area contributed by atoms with E-state index in [1.54, 1.807) is 43.3 Å². The van der Waals surface area contributed by atoms with E-state index in [-0.39, 0.29) is 40.1 Å². The third kappa shape index (κ3) is 4.94. The molecule has 4 aromatic rings. The van der Waals surface area contributed by atoms with Crippen LogP contribution in [0.2, 0.25) is 5.02 Å². The molecule has 0 aliphatic heterocycles. The molecule has 0 saturated heterocycles. The van der Waals surface area contributed by atoms with E-state index in [4.69, 9.17) is 16.1 Å². The van der Waals surface area contributed by atoms with Gasteiger partial charge in [0.05, 0.1) is 10.6 Å². The summed E-state index contributed by atoms with van der Waals surface area (Å²) in [7, 11) is 0. The van der Waals surface area contributed by atoms with E-state index in [2.05, 4.69) is 15.8 Å². The van der Waals surface area contributed by atoms with Gasteiger partial charge in [-0.2, -0.15) is 0 Å².